The summed E-state index contributed by atoms with van der Waals surface area (Å²) in [6.07, 6.45) is 8.09. The van der Waals surface area contributed by atoms with Gasteiger partial charge in [-0.15, -0.1) is 0 Å². The normalized spacial score (nSPS) is 11.7. The molecule has 0 aliphatic rings. The number of hydrogen-bond acceptors (Lipinski definition) is 2. The molecule has 0 radical (unpaired) electrons. The van der Waals surface area contributed by atoms with Crippen molar-refractivity contribution in [2.75, 3.05) is 26.7 Å². The van der Waals surface area contributed by atoms with E-state index in [1.165, 1.54) is 25.8 Å². The topological polar surface area (TPSA) is 29.3 Å². The molecule has 0 aliphatic carbocycles. The molecule has 0 fully saturated rings. The predicted molar refractivity (Wildman–Crippen MR) is 55.2 cm³/mol. The molecule has 0 spiro atoms. The van der Waals surface area contributed by atoms with Gasteiger partial charge in [-0.3, -0.25) is 0 Å². The van der Waals surface area contributed by atoms with Gasteiger partial charge in [0.1, 0.15) is 0 Å². The van der Waals surface area contributed by atoms with Gasteiger partial charge < -0.3 is 10.6 Å². The van der Waals surface area contributed by atoms with Crippen LogP contribution in [0.4, 0.5) is 0 Å². The van der Waals surface area contributed by atoms with Crippen molar-refractivity contribution in [1.82, 2.24) is 4.90 Å². The largest absolute Gasteiger partial charge is 0.327 e. The number of likely N-dealkylation sites (N-methyl/N-ethyl adjacent to an activating group) is 1. The number of nitrogens with two attached hydrogens (primary N) is 1. The van der Waals surface area contributed by atoms with Crippen LogP contribution in [0.3, 0.4) is 0 Å². The maximum Gasteiger partial charge on any atom is 0.0160 e. The summed E-state index contributed by atoms with van der Waals surface area (Å²) in [7, 11) is 2.15. The number of rotatable bonds is 7. The van der Waals surface area contributed by atoms with E-state index < -0.39 is 0 Å². The molecule has 0 rings (SSSR count). The molecular weight excluding hydrogens is 148 g/mol. The zero-order chi connectivity index (χ0) is 9.23. The average molecular weight is 170 g/mol. The van der Waals surface area contributed by atoms with Crippen LogP contribution in [0.15, 0.2) is 12.2 Å². The Balaban J connectivity index is 3.21. The zero-order valence-electron chi connectivity index (χ0n) is 8.42. The minimum Gasteiger partial charge on any atom is -0.327 e. The van der Waals surface area contributed by atoms with Crippen LogP contribution in [0.2, 0.25) is 0 Å². The summed E-state index contributed by atoms with van der Waals surface area (Å²) < 4.78 is 0. The van der Waals surface area contributed by atoms with Gasteiger partial charge in [0.2, 0.25) is 0 Å². The molecule has 0 saturated carbocycles. The third-order valence-corrected chi connectivity index (χ3v) is 1.86. The molecule has 0 atom stereocenters. The fourth-order valence-corrected chi connectivity index (χ4v) is 1.07. The first-order chi connectivity index (χ1) is 5.81. The van der Waals surface area contributed by atoms with Gasteiger partial charge in [-0.25, -0.2) is 0 Å². The quantitative estimate of drug-likeness (QED) is 0.465. The van der Waals surface area contributed by atoms with Crippen LogP contribution in [-0.4, -0.2) is 31.6 Å². The minimum absolute atomic E-state index is 0.656. The Bertz CT molecular complexity index is 110. The molecule has 0 saturated heterocycles. The van der Waals surface area contributed by atoms with E-state index in [1.54, 1.807) is 0 Å². The van der Waals surface area contributed by atoms with Crippen LogP contribution in [0.25, 0.3) is 0 Å². The van der Waals surface area contributed by atoms with E-state index in [9.17, 15) is 0 Å². The third-order valence-electron chi connectivity index (χ3n) is 1.86. The number of nitrogens with zero attached hydrogens (tertiary/aromatic N) is 1. The van der Waals surface area contributed by atoms with Crippen molar-refractivity contribution in [2.24, 2.45) is 5.73 Å². The first kappa shape index (κ1) is 11.7. The highest BCUT2D eigenvalue weighted by Crippen LogP contribution is 1.95. The van der Waals surface area contributed by atoms with Gasteiger partial charge in [-0.2, -0.15) is 0 Å². The van der Waals surface area contributed by atoms with Gasteiger partial charge >= 0.3 is 0 Å². The molecule has 0 aromatic rings. The first-order valence-corrected chi connectivity index (χ1v) is 4.84. The maximum atomic E-state index is 5.33. The minimum atomic E-state index is 0.656. The molecule has 0 unspecified atom stereocenters. The lowest BCUT2D eigenvalue weighted by Crippen LogP contribution is -2.19. The summed E-state index contributed by atoms with van der Waals surface area (Å²) in [6, 6.07) is 0. The highest BCUT2D eigenvalue weighted by Gasteiger charge is 1.93. The summed E-state index contributed by atoms with van der Waals surface area (Å²) in [4.78, 5) is 2.32. The Hall–Kier alpha value is -0.340. The van der Waals surface area contributed by atoms with Crippen molar-refractivity contribution in [3.8, 4) is 0 Å². The Morgan fingerprint density at radius 3 is 2.58 bits per heavy atom. The van der Waals surface area contributed by atoms with Crippen molar-refractivity contribution >= 4 is 0 Å². The maximum absolute atomic E-state index is 5.33. The van der Waals surface area contributed by atoms with Gasteiger partial charge in [-0.05, 0) is 20.0 Å². The monoisotopic (exact) mass is 170 g/mol. The lowest BCUT2D eigenvalue weighted by Gasteiger charge is -2.13. The summed E-state index contributed by atoms with van der Waals surface area (Å²) in [6.45, 7) is 5.11. The second-order valence-corrected chi connectivity index (χ2v) is 3.18. The van der Waals surface area contributed by atoms with E-state index in [0.29, 0.717) is 6.54 Å². The van der Waals surface area contributed by atoms with Crippen LogP contribution >= 0.6 is 0 Å². The van der Waals surface area contributed by atoms with Gasteiger partial charge in [0.15, 0.2) is 0 Å². The molecule has 2 heteroatoms. The van der Waals surface area contributed by atoms with Crippen molar-refractivity contribution < 1.29 is 0 Å². The molecule has 2 N–H and O–H groups in total. The molecule has 2 nitrogen and oxygen atoms in total. The van der Waals surface area contributed by atoms with E-state index in [4.69, 9.17) is 5.73 Å². The van der Waals surface area contributed by atoms with Crippen LogP contribution < -0.4 is 5.73 Å². The van der Waals surface area contributed by atoms with Crippen LogP contribution in [0.5, 0.6) is 0 Å². The van der Waals surface area contributed by atoms with Crippen molar-refractivity contribution in [1.29, 1.82) is 0 Å². The second kappa shape index (κ2) is 8.75. The van der Waals surface area contributed by atoms with Crippen LogP contribution in [0.1, 0.15) is 26.2 Å². The molecular formula is C10H22N2. The molecule has 0 aromatic carbocycles. The Morgan fingerprint density at radius 1 is 1.25 bits per heavy atom. The lowest BCUT2D eigenvalue weighted by atomic mass is 10.2. The SMILES string of the molecule is CCCCCN(C)CC=CCN. The molecule has 0 aliphatic heterocycles. The summed E-state index contributed by atoms with van der Waals surface area (Å²) >= 11 is 0. The Kier molecular flexibility index (Phi) is 8.51. The lowest BCUT2D eigenvalue weighted by molar-refractivity contribution is 0.358. The van der Waals surface area contributed by atoms with E-state index in [1.807, 2.05) is 6.08 Å². The molecule has 0 heterocycles. The highest BCUT2D eigenvalue weighted by molar-refractivity contribution is 4.84. The molecule has 0 aromatic heterocycles. The van der Waals surface area contributed by atoms with Crippen molar-refractivity contribution in [2.45, 2.75) is 26.2 Å². The summed E-state index contributed by atoms with van der Waals surface area (Å²) in [5, 5.41) is 0. The van der Waals surface area contributed by atoms with E-state index >= 15 is 0 Å². The van der Waals surface area contributed by atoms with Crippen LogP contribution in [-0.2, 0) is 0 Å². The zero-order valence-corrected chi connectivity index (χ0v) is 8.42. The van der Waals surface area contributed by atoms with E-state index in [2.05, 4.69) is 24.9 Å². The Labute approximate surface area is 76.4 Å². The van der Waals surface area contributed by atoms with E-state index in [-0.39, 0.29) is 0 Å². The van der Waals surface area contributed by atoms with Gasteiger partial charge in [0, 0.05) is 13.1 Å². The third kappa shape index (κ3) is 7.76. The smallest absolute Gasteiger partial charge is 0.0160 e. The van der Waals surface area contributed by atoms with Gasteiger partial charge in [0.25, 0.3) is 0 Å². The summed E-state index contributed by atoms with van der Waals surface area (Å²) in [5.74, 6) is 0. The summed E-state index contributed by atoms with van der Waals surface area (Å²) in [5.41, 5.74) is 5.33. The predicted octanol–water partition coefficient (Wildman–Crippen LogP) is 1.62. The molecule has 0 amide bonds. The van der Waals surface area contributed by atoms with Gasteiger partial charge in [-0.1, -0.05) is 31.9 Å². The van der Waals surface area contributed by atoms with E-state index in [0.717, 1.165) is 6.54 Å². The van der Waals surface area contributed by atoms with Gasteiger partial charge in [0.05, 0.1) is 0 Å². The first-order valence-electron chi connectivity index (χ1n) is 4.84. The molecule has 0 bridgehead atoms. The standard InChI is InChI=1S/C10H22N2/c1-3-4-6-9-12(2)10-7-5-8-11/h5,7H,3-4,6,8-11H2,1-2H3. The molecule has 72 valence electrons. The number of unbranched alkanes of at least 4 members (excludes halogenated alkanes) is 2. The molecule has 12 heavy (non-hydrogen) atoms. The average Bonchev–Trinajstić information content (AvgIpc) is 2.06. The fraction of sp³-hybridized carbons (Fsp3) is 0.800. The highest BCUT2D eigenvalue weighted by atomic mass is 15.1. The second-order valence-electron chi connectivity index (χ2n) is 3.18. The van der Waals surface area contributed by atoms with Crippen LogP contribution in [0, 0.1) is 0 Å². The number of hydrogen-bond donors (Lipinski definition) is 1. The van der Waals surface area contributed by atoms with Crippen molar-refractivity contribution in [3.63, 3.8) is 0 Å². The fourth-order valence-electron chi connectivity index (χ4n) is 1.07. The van der Waals surface area contributed by atoms with Crippen molar-refractivity contribution in [3.05, 3.63) is 12.2 Å². The Morgan fingerprint density at radius 2 is 2.00 bits per heavy atom.